The minimum absolute atomic E-state index is 1.18. The predicted octanol–water partition coefficient (Wildman–Crippen LogP) is 9.48. The van der Waals surface area contributed by atoms with Crippen LogP contribution in [0.25, 0.3) is 0 Å². The molecule has 2 heteroatoms. The summed E-state index contributed by atoms with van der Waals surface area (Å²) >= 11 is 0. The molecule has 1 aromatic rings. The number of hydrogen-bond donors (Lipinski definition) is 0. The van der Waals surface area contributed by atoms with Crippen LogP contribution in [0.4, 0.5) is 0 Å². The molecule has 0 radical (unpaired) electrons. The van der Waals surface area contributed by atoms with E-state index in [4.69, 9.17) is 0 Å². The summed E-state index contributed by atoms with van der Waals surface area (Å²) in [5, 5.41) is 0. The van der Waals surface area contributed by atoms with Crippen LogP contribution in [-0.4, -0.2) is 18.0 Å². The maximum Gasteiger partial charge on any atom is 0.171 e. The number of nitrogens with zero attached hydrogens (tertiary/aromatic N) is 2. The Morgan fingerprint density at radius 3 is 1.81 bits per heavy atom. The Hall–Kier alpha value is -1.57. The molecule has 1 aromatic heterocycles. The molecule has 36 heavy (non-hydrogen) atoms. The fraction of sp³-hybridized carbons (Fsp3) is 0.735. The lowest BCUT2D eigenvalue weighted by Gasteiger charge is -2.25. The smallest absolute Gasteiger partial charge is 0.171 e. The molecule has 0 N–H and O–H groups in total. The predicted molar refractivity (Wildman–Crippen MR) is 156 cm³/mol. The first kappa shape index (κ1) is 29.0. The van der Waals surface area contributed by atoms with Crippen LogP contribution in [0.1, 0.15) is 140 Å². The van der Waals surface area contributed by atoms with Crippen LogP contribution in [-0.2, 0) is 13.0 Å². The fourth-order valence-electron chi connectivity index (χ4n) is 5.97. The van der Waals surface area contributed by atoms with Crippen molar-refractivity contribution in [2.75, 3.05) is 13.1 Å². The van der Waals surface area contributed by atoms with Gasteiger partial charge in [0.1, 0.15) is 6.54 Å². The van der Waals surface area contributed by atoms with Gasteiger partial charge in [-0.25, -0.2) is 4.57 Å². The summed E-state index contributed by atoms with van der Waals surface area (Å²) in [6, 6.07) is 4.59. The monoisotopic (exact) mass is 493 g/mol. The van der Waals surface area contributed by atoms with Crippen LogP contribution in [0.2, 0.25) is 0 Å². The van der Waals surface area contributed by atoms with Gasteiger partial charge in [-0.15, -0.1) is 0 Å². The third-order valence-electron chi connectivity index (χ3n) is 8.28. The summed E-state index contributed by atoms with van der Waals surface area (Å²) in [5.74, 6) is 0. The zero-order valence-corrected chi connectivity index (χ0v) is 23.6. The summed E-state index contributed by atoms with van der Waals surface area (Å²) in [6.45, 7) is 3.61. The average Bonchev–Trinajstić information content (AvgIpc) is 2.90. The van der Waals surface area contributed by atoms with E-state index in [-0.39, 0.29) is 0 Å². The Kier molecular flexibility index (Phi) is 15.7. The fourth-order valence-corrected chi connectivity index (χ4v) is 5.97. The number of aryl methyl sites for hydroxylation is 2. The van der Waals surface area contributed by atoms with Crippen molar-refractivity contribution in [1.82, 2.24) is 4.90 Å². The molecule has 0 aromatic carbocycles. The summed E-state index contributed by atoms with van der Waals surface area (Å²) in [7, 11) is 0. The molecule has 2 aliphatic heterocycles. The van der Waals surface area contributed by atoms with Gasteiger partial charge in [-0.2, -0.15) is 0 Å². The Balaban J connectivity index is 1.34. The molecule has 4 bridgehead atoms. The third kappa shape index (κ3) is 13.7. The van der Waals surface area contributed by atoms with E-state index in [2.05, 4.69) is 52.3 Å². The van der Waals surface area contributed by atoms with Gasteiger partial charge in [-0.05, 0) is 56.9 Å². The minimum atomic E-state index is 1.18. The van der Waals surface area contributed by atoms with E-state index in [0.717, 1.165) is 0 Å². The molecule has 202 valence electrons. The van der Waals surface area contributed by atoms with Crippen LogP contribution < -0.4 is 4.57 Å². The van der Waals surface area contributed by atoms with E-state index < -0.39 is 0 Å². The van der Waals surface area contributed by atoms with Crippen molar-refractivity contribution in [1.29, 1.82) is 0 Å². The quantitative estimate of drug-likeness (QED) is 0.326. The molecular formula is C34H57N2+. The van der Waals surface area contributed by atoms with Crippen molar-refractivity contribution in [3.63, 3.8) is 0 Å². The molecule has 0 saturated carbocycles. The topological polar surface area (TPSA) is 7.12 Å². The van der Waals surface area contributed by atoms with Crippen molar-refractivity contribution in [3.8, 4) is 0 Å². The van der Waals surface area contributed by atoms with Gasteiger partial charge in [0.2, 0.25) is 0 Å². The first-order valence-corrected chi connectivity index (χ1v) is 16.0. The highest BCUT2D eigenvalue weighted by Crippen LogP contribution is 2.18. The van der Waals surface area contributed by atoms with Gasteiger partial charge < -0.3 is 4.90 Å². The van der Waals surface area contributed by atoms with Gasteiger partial charge >= 0.3 is 0 Å². The lowest BCUT2D eigenvalue weighted by atomic mass is 10.0. The Bertz CT molecular complexity index is 734. The van der Waals surface area contributed by atoms with Crippen LogP contribution >= 0.6 is 0 Å². The van der Waals surface area contributed by atoms with Gasteiger partial charge in [0, 0.05) is 31.1 Å². The van der Waals surface area contributed by atoms with Crippen LogP contribution in [0, 0.1) is 0 Å². The van der Waals surface area contributed by atoms with E-state index in [0.29, 0.717) is 0 Å². The summed E-state index contributed by atoms with van der Waals surface area (Å²) in [5.41, 5.74) is 3.18. The zero-order chi connectivity index (χ0) is 24.9. The van der Waals surface area contributed by atoms with Gasteiger partial charge in [0.15, 0.2) is 12.4 Å². The SMILES string of the molecule is C1=CN2CCCCCCCCCCc3ccc[n+](c3)CCCCCCCCCCCCCCC(=C1)C2. The number of rotatable bonds is 0. The molecule has 2 aliphatic rings. The molecular weight excluding hydrogens is 436 g/mol. The molecule has 3 rings (SSSR count). The van der Waals surface area contributed by atoms with E-state index in [1.54, 1.807) is 5.57 Å². The largest absolute Gasteiger partial charge is 0.373 e. The lowest BCUT2D eigenvalue weighted by Crippen LogP contribution is -2.33. The molecule has 0 unspecified atom stereocenters. The summed E-state index contributed by atoms with van der Waals surface area (Å²) in [4.78, 5) is 2.56. The van der Waals surface area contributed by atoms with Gasteiger partial charge in [-0.3, -0.25) is 0 Å². The average molecular weight is 494 g/mol. The molecule has 0 spiro atoms. The second-order valence-electron chi connectivity index (χ2n) is 11.7. The van der Waals surface area contributed by atoms with E-state index in [9.17, 15) is 0 Å². The molecule has 0 saturated heterocycles. The highest BCUT2D eigenvalue weighted by molar-refractivity contribution is 5.18. The van der Waals surface area contributed by atoms with Crippen molar-refractivity contribution < 1.29 is 4.57 Å². The summed E-state index contributed by atoms with van der Waals surface area (Å²) in [6.07, 6.45) is 42.5. The number of allylic oxidation sites excluding steroid dienone is 2. The van der Waals surface area contributed by atoms with Crippen molar-refractivity contribution in [3.05, 3.63) is 54.0 Å². The van der Waals surface area contributed by atoms with Crippen molar-refractivity contribution in [2.24, 2.45) is 0 Å². The van der Waals surface area contributed by atoms with Crippen molar-refractivity contribution in [2.45, 2.75) is 148 Å². The Labute approximate surface area is 224 Å². The molecule has 0 amide bonds. The second kappa shape index (κ2) is 19.5. The lowest BCUT2D eigenvalue weighted by molar-refractivity contribution is -0.697. The molecule has 0 atom stereocenters. The number of aromatic nitrogens is 1. The van der Waals surface area contributed by atoms with Crippen molar-refractivity contribution >= 4 is 0 Å². The van der Waals surface area contributed by atoms with E-state index in [1.807, 2.05) is 0 Å². The maximum absolute atomic E-state index is 2.56. The van der Waals surface area contributed by atoms with Gasteiger partial charge in [0.25, 0.3) is 0 Å². The first-order chi connectivity index (χ1) is 17.9. The van der Waals surface area contributed by atoms with E-state index in [1.165, 1.54) is 166 Å². The van der Waals surface area contributed by atoms with Crippen LogP contribution in [0.3, 0.4) is 0 Å². The van der Waals surface area contributed by atoms with Crippen LogP contribution in [0.15, 0.2) is 48.5 Å². The Morgan fingerprint density at radius 1 is 0.583 bits per heavy atom. The van der Waals surface area contributed by atoms with E-state index >= 15 is 0 Å². The Morgan fingerprint density at radius 2 is 1.14 bits per heavy atom. The normalized spacial score (nSPS) is 21.9. The first-order valence-electron chi connectivity index (χ1n) is 16.0. The second-order valence-corrected chi connectivity index (χ2v) is 11.7. The number of pyridine rings is 1. The van der Waals surface area contributed by atoms with Gasteiger partial charge in [-0.1, -0.05) is 108 Å². The van der Waals surface area contributed by atoms with Crippen LogP contribution in [0.5, 0.6) is 0 Å². The molecule has 3 heterocycles. The molecule has 2 nitrogen and oxygen atoms in total. The highest BCUT2D eigenvalue weighted by Gasteiger charge is 2.08. The standard InChI is InChI=1S/C34H57N2/c1-2-4-7-11-15-19-27-35-29-22-26-34(32-35)24-18-14-10-6-8-12-16-20-28-36-30-21-25-33(31-36)23-17-13-9-5-3-1/h21-22,25-26,29-30,32H,1-20,23-24,27-28,31H2/q+1. The minimum Gasteiger partial charge on any atom is -0.373 e. The third-order valence-corrected chi connectivity index (χ3v) is 8.28. The zero-order valence-electron chi connectivity index (χ0n) is 23.6. The summed E-state index contributed by atoms with van der Waals surface area (Å²) < 4.78 is 2.44. The van der Waals surface area contributed by atoms with Gasteiger partial charge in [0.05, 0.1) is 0 Å². The number of fused-ring (bicyclic) bond motifs is 4. The number of hydrogen-bond acceptors (Lipinski definition) is 1. The molecule has 0 fully saturated rings. The maximum atomic E-state index is 2.56. The molecule has 0 aliphatic carbocycles. The highest BCUT2D eigenvalue weighted by atomic mass is 15.1.